The summed E-state index contributed by atoms with van der Waals surface area (Å²) in [4.78, 5) is 60.2. The summed E-state index contributed by atoms with van der Waals surface area (Å²) in [6.45, 7) is -0.869. The van der Waals surface area contributed by atoms with Gasteiger partial charge in [0, 0.05) is 6.42 Å². The van der Waals surface area contributed by atoms with E-state index < -0.39 is 66.9 Å². The van der Waals surface area contributed by atoms with Gasteiger partial charge in [-0.15, -0.1) is 0 Å². The van der Waals surface area contributed by atoms with E-state index in [0.717, 1.165) is 0 Å². The van der Waals surface area contributed by atoms with Crippen LogP contribution in [0.1, 0.15) is 24.8 Å². The highest BCUT2D eigenvalue weighted by atomic mass is 32.2. The van der Waals surface area contributed by atoms with E-state index in [1.165, 1.54) is 23.9 Å². The number of amides is 3. The fourth-order valence-electron chi connectivity index (χ4n) is 3.03. The molecule has 1 aromatic carbocycles. The Labute approximate surface area is 211 Å². The van der Waals surface area contributed by atoms with Crippen molar-refractivity contribution in [1.82, 2.24) is 16.0 Å². The minimum absolute atomic E-state index is 0.0311. The lowest BCUT2D eigenvalue weighted by molar-refractivity contribution is -0.142. The SMILES string of the molecule is CSCCC(NC(=O)C(CO)NC(=O)C(CCC(=O)O)NC(=O)C(N)Cc1ccc(O)cc1)C(=O)O. The lowest BCUT2D eigenvalue weighted by atomic mass is 10.0. The largest absolute Gasteiger partial charge is 0.508 e. The summed E-state index contributed by atoms with van der Waals surface area (Å²) >= 11 is 1.38. The van der Waals surface area contributed by atoms with E-state index in [-0.39, 0.29) is 25.0 Å². The molecule has 0 saturated heterocycles. The maximum Gasteiger partial charge on any atom is 0.326 e. The van der Waals surface area contributed by atoms with Crippen molar-refractivity contribution in [2.45, 2.75) is 49.9 Å². The molecule has 4 atom stereocenters. The molecule has 0 aliphatic heterocycles. The van der Waals surface area contributed by atoms with Gasteiger partial charge in [-0.1, -0.05) is 12.1 Å². The first-order chi connectivity index (χ1) is 17.0. The highest BCUT2D eigenvalue weighted by Crippen LogP contribution is 2.11. The van der Waals surface area contributed by atoms with Crippen molar-refractivity contribution < 1.29 is 44.4 Å². The van der Waals surface area contributed by atoms with Crippen molar-refractivity contribution in [3.63, 3.8) is 0 Å². The second-order valence-electron chi connectivity index (χ2n) is 7.90. The van der Waals surface area contributed by atoms with Crippen molar-refractivity contribution in [2.75, 3.05) is 18.6 Å². The number of hydrogen-bond donors (Lipinski definition) is 8. The number of thioether (sulfide) groups is 1. The molecule has 0 aliphatic rings. The smallest absolute Gasteiger partial charge is 0.326 e. The molecule has 0 aliphatic carbocycles. The van der Waals surface area contributed by atoms with Gasteiger partial charge in [0.15, 0.2) is 0 Å². The second kappa shape index (κ2) is 15.6. The van der Waals surface area contributed by atoms with Crippen LogP contribution in [0, 0.1) is 0 Å². The van der Waals surface area contributed by atoms with E-state index in [2.05, 4.69) is 16.0 Å². The number of carbonyl (C=O) groups is 5. The Morgan fingerprint density at radius 3 is 1.97 bits per heavy atom. The molecule has 0 fully saturated rings. The maximum absolute atomic E-state index is 12.8. The Kier molecular flexibility index (Phi) is 13.3. The third-order valence-electron chi connectivity index (χ3n) is 5.05. The van der Waals surface area contributed by atoms with Crippen molar-refractivity contribution in [3.8, 4) is 5.75 Å². The zero-order valence-electron chi connectivity index (χ0n) is 19.7. The number of benzene rings is 1. The molecular weight excluding hydrogens is 496 g/mol. The third kappa shape index (κ3) is 10.9. The Morgan fingerprint density at radius 2 is 1.44 bits per heavy atom. The average molecular weight is 529 g/mol. The van der Waals surface area contributed by atoms with Crippen LogP contribution < -0.4 is 21.7 Å². The summed E-state index contributed by atoms with van der Waals surface area (Å²) in [5, 5.41) is 44.0. The normalized spacial score (nSPS) is 14.1. The quantitative estimate of drug-likeness (QED) is 0.122. The second-order valence-corrected chi connectivity index (χ2v) is 8.88. The van der Waals surface area contributed by atoms with Gasteiger partial charge in [0.2, 0.25) is 17.7 Å². The zero-order valence-corrected chi connectivity index (χ0v) is 20.5. The molecule has 200 valence electrons. The van der Waals surface area contributed by atoms with Crippen molar-refractivity contribution in [2.24, 2.45) is 5.73 Å². The summed E-state index contributed by atoms with van der Waals surface area (Å²) in [7, 11) is 0. The maximum atomic E-state index is 12.8. The van der Waals surface area contributed by atoms with E-state index in [9.17, 15) is 39.3 Å². The van der Waals surface area contributed by atoms with Crippen molar-refractivity contribution in [1.29, 1.82) is 0 Å². The molecule has 0 bridgehead atoms. The van der Waals surface area contributed by atoms with Crippen LogP contribution in [-0.2, 0) is 30.4 Å². The first-order valence-corrected chi connectivity index (χ1v) is 12.4. The molecule has 36 heavy (non-hydrogen) atoms. The van der Waals surface area contributed by atoms with Gasteiger partial charge in [-0.3, -0.25) is 19.2 Å². The molecular formula is C22H32N4O9S. The Morgan fingerprint density at radius 1 is 0.889 bits per heavy atom. The number of aromatic hydroxyl groups is 1. The predicted molar refractivity (Wildman–Crippen MR) is 130 cm³/mol. The van der Waals surface area contributed by atoms with Crippen LogP contribution in [0.2, 0.25) is 0 Å². The van der Waals surface area contributed by atoms with E-state index in [1.54, 1.807) is 18.4 Å². The summed E-state index contributed by atoms with van der Waals surface area (Å²) in [5.41, 5.74) is 6.54. The van der Waals surface area contributed by atoms with Crippen molar-refractivity contribution in [3.05, 3.63) is 29.8 Å². The molecule has 3 amide bonds. The van der Waals surface area contributed by atoms with Crippen LogP contribution in [0.3, 0.4) is 0 Å². The number of aliphatic hydroxyl groups is 1. The van der Waals surface area contributed by atoms with Crippen LogP contribution in [0.4, 0.5) is 0 Å². The fourth-order valence-corrected chi connectivity index (χ4v) is 3.50. The van der Waals surface area contributed by atoms with Crippen LogP contribution in [0.5, 0.6) is 5.75 Å². The fraction of sp³-hybridized carbons (Fsp3) is 0.500. The van der Waals surface area contributed by atoms with E-state index in [0.29, 0.717) is 11.3 Å². The monoisotopic (exact) mass is 528 g/mol. The Hall–Kier alpha value is -3.36. The van der Waals surface area contributed by atoms with Gasteiger partial charge in [-0.2, -0.15) is 11.8 Å². The van der Waals surface area contributed by atoms with Crippen LogP contribution in [0.15, 0.2) is 24.3 Å². The van der Waals surface area contributed by atoms with Crippen LogP contribution >= 0.6 is 11.8 Å². The summed E-state index contributed by atoms with van der Waals surface area (Å²) in [5.74, 6) is -4.70. The summed E-state index contributed by atoms with van der Waals surface area (Å²) in [6.07, 6.45) is 1.12. The van der Waals surface area contributed by atoms with Gasteiger partial charge in [-0.25, -0.2) is 4.79 Å². The van der Waals surface area contributed by atoms with Gasteiger partial charge in [0.05, 0.1) is 12.6 Å². The number of aliphatic hydroxyl groups excluding tert-OH is 1. The number of aliphatic carboxylic acids is 2. The van der Waals surface area contributed by atoms with Gasteiger partial charge >= 0.3 is 11.9 Å². The molecule has 0 saturated carbocycles. The molecule has 0 spiro atoms. The molecule has 9 N–H and O–H groups in total. The number of carbonyl (C=O) groups excluding carboxylic acids is 3. The lowest BCUT2D eigenvalue weighted by Gasteiger charge is -2.24. The molecule has 0 aromatic heterocycles. The number of nitrogens with one attached hydrogen (secondary N) is 3. The predicted octanol–water partition coefficient (Wildman–Crippen LogP) is -1.59. The van der Waals surface area contributed by atoms with Crippen LogP contribution in [-0.4, -0.2) is 92.9 Å². The number of hydrogen-bond acceptors (Lipinski definition) is 9. The number of carboxylic acids is 2. The van der Waals surface area contributed by atoms with E-state index in [1.807, 2.05) is 0 Å². The number of phenols is 1. The van der Waals surface area contributed by atoms with Crippen molar-refractivity contribution >= 4 is 41.4 Å². The third-order valence-corrected chi connectivity index (χ3v) is 5.69. The Bertz CT molecular complexity index is 913. The zero-order chi connectivity index (χ0) is 27.3. The topological polar surface area (TPSA) is 228 Å². The van der Waals surface area contributed by atoms with Crippen LogP contribution in [0.25, 0.3) is 0 Å². The van der Waals surface area contributed by atoms with E-state index >= 15 is 0 Å². The number of rotatable bonds is 16. The average Bonchev–Trinajstić information content (AvgIpc) is 2.83. The number of carboxylic acid groups (broad SMARTS) is 2. The standard InChI is InChI=1S/C22H32N4O9S/c1-36-9-8-16(22(34)35)25-21(33)17(11-27)26-20(32)15(6-7-18(29)30)24-19(31)14(23)10-12-2-4-13(28)5-3-12/h2-5,14-17,27-28H,6-11,23H2,1H3,(H,24,31)(H,25,33)(H,26,32)(H,29,30)(H,34,35). The number of nitrogens with two attached hydrogens (primary N) is 1. The lowest BCUT2D eigenvalue weighted by Crippen LogP contribution is -2.58. The van der Waals surface area contributed by atoms with Gasteiger partial charge in [0.25, 0.3) is 0 Å². The van der Waals surface area contributed by atoms with Gasteiger partial charge < -0.3 is 42.1 Å². The molecule has 1 rings (SSSR count). The van der Waals surface area contributed by atoms with E-state index in [4.69, 9.17) is 10.8 Å². The first kappa shape index (κ1) is 30.7. The molecule has 4 unspecified atom stereocenters. The molecule has 0 radical (unpaired) electrons. The summed E-state index contributed by atoms with van der Waals surface area (Å²) < 4.78 is 0. The first-order valence-electron chi connectivity index (χ1n) is 11.0. The highest BCUT2D eigenvalue weighted by Gasteiger charge is 2.30. The summed E-state index contributed by atoms with van der Waals surface area (Å²) in [6, 6.07) is 0.668. The van der Waals surface area contributed by atoms with Gasteiger partial charge in [0.1, 0.15) is 23.9 Å². The minimum atomic E-state index is -1.54. The Balaban J connectivity index is 2.87. The number of phenolic OH excluding ortho intramolecular Hbond substituents is 1. The molecule has 14 heteroatoms. The molecule has 13 nitrogen and oxygen atoms in total. The molecule has 1 aromatic rings. The highest BCUT2D eigenvalue weighted by molar-refractivity contribution is 7.98. The van der Waals surface area contributed by atoms with Gasteiger partial charge in [-0.05, 0) is 49.0 Å². The minimum Gasteiger partial charge on any atom is -0.508 e. The molecule has 0 heterocycles.